The molecule has 57 heavy (non-hydrogen) atoms. The van der Waals surface area contributed by atoms with Crippen LogP contribution >= 0.6 is 11.3 Å². The summed E-state index contributed by atoms with van der Waals surface area (Å²) in [6, 6.07) is 74.4. The van der Waals surface area contributed by atoms with Gasteiger partial charge in [0.25, 0.3) is 0 Å². The lowest BCUT2D eigenvalue weighted by Gasteiger charge is -2.35. The lowest BCUT2D eigenvalue weighted by atomic mass is 10.1. The molecule has 0 N–H and O–H groups in total. The van der Waals surface area contributed by atoms with Gasteiger partial charge in [0, 0.05) is 42.1 Å². The van der Waals surface area contributed by atoms with Gasteiger partial charge in [-0.1, -0.05) is 182 Å². The van der Waals surface area contributed by atoms with E-state index in [1.807, 2.05) is 47.7 Å². The van der Waals surface area contributed by atoms with E-state index in [0.29, 0.717) is 17.6 Å². The molecule has 8 aromatic carbocycles. The predicted molar refractivity (Wildman–Crippen MR) is 242 cm³/mol. The molecule has 11 aromatic rings. The van der Waals surface area contributed by atoms with Gasteiger partial charge in [-0.3, -0.25) is 4.57 Å². The van der Waals surface area contributed by atoms with Gasteiger partial charge in [-0.2, -0.15) is 9.97 Å². The molecule has 0 spiro atoms. The molecule has 3 heterocycles. The summed E-state index contributed by atoms with van der Waals surface area (Å²) in [5, 5.41) is 10.3. The number of hydrogen-bond acceptors (Lipinski definition) is 4. The van der Waals surface area contributed by atoms with Crippen LogP contribution in [0, 0.1) is 0 Å². The van der Waals surface area contributed by atoms with E-state index in [2.05, 4.69) is 174 Å². The van der Waals surface area contributed by atoms with Gasteiger partial charge < -0.3 is 0 Å². The molecule has 4 nitrogen and oxygen atoms in total. The second-order valence-corrected chi connectivity index (χ2v) is 19.2. The van der Waals surface area contributed by atoms with Gasteiger partial charge in [0.1, 0.15) is 0 Å². The van der Waals surface area contributed by atoms with E-state index >= 15 is 0 Å². The zero-order chi connectivity index (χ0) is 37.8. The van der Waals surface area contributed by atoms with Crippen molar-refractivity contribution in [1.29, 1.82) is 0 Å². The van der Waals surface area contributed by atoms with Crippen LogP contribution in [0.25, 0.3) is 70.7 Å². The molecule has 0 saturated carbocycles. The van der Waals surface area contributed by atoms with E-state index in [-0.39, 0.29) is 0 Å². The van der Waals surface area contributed by atoms with Gasteiger partial charge >= 0.3 is 0 Å². The number of thiophene rings is 1. The smallest absolute Gasteiger partial charge is 0.238 e. The van der Waals surface area contributed by atoms with E-state index in [4.69, 9.17) is 15.0 Å². The first-order valence-corrected chi connectivity index (χ1v) is 22.0. The Hall–Kier alpha value is -6.99. The second-order valence-electron chi connectivity index (χ2n) is 14.4. The Morgan fingerprint density at radius 3 is 1.56 bits per heavy atom. The van der Waals surface area contributed by atoms with Crippen LogP contribution in [0.5, 0.6) is 0 Å². The molecular weight excluding hydrogens is 729 g/mol. The highest BCUT2D eigenvalue weighted by atomic mass is 32.1. The molecule has 0 unspecified atom stereocenters. The fourth-order valence-electron chi connectivity index (χ4n) is 8.75. The van der Waals surface area contributed by atoms with Crippen molar-refractivity contribution in [3.8, 4) is 28.7 Å². The molecule has 0 aliphatic rings. The first kappa shape index (κ1) is 33.4. The highest BCUT2D eigenvalue weighted by Crippen LogP contribution is 2.35. The van der Waals surface area contributed by atoms with Crippen LogP contribution in [0.3, 0.4) is 0 Å². The highest BCUT2D eigenvalue weighted by Gasteiger charge is 2.43. The zero-order valence-corrected chi connectivity index (χ0v) is 32.6. The first-order chi connectivity index (χ1) is 28.3. The average molecular weight is 763 g/mol. The van der Waals surface area contributed by atoms with E-state index in [1.165, 1.54) is 46.3 Å². The number of benzene rings is 8. The van der Waals surface area contributed by atoms with Crippen molar-refractivity contribution in [2.45, 2.75) is 0 Å². The molecule has 0 saturated heterocycles. The van der Waals surface area contributed by atoms with Crippen LogP contribution in [0.4, 0.5) is 0 Å². The number of fused-ring (bicyclic) bond motifs is 6. The van der Waals surface area contributed by atoms with Crippen LogP contribution in [-0.2, 0) is 0 Å². The minimum absolute atomic E-state index is 0.587. The van der Waals surface area contributed by atoms with Gasteiger partial charge in [0.15, 0.2) is 19.7 Å². The SMILES string of the molecule is c1ccc(-c2nc(-c3ccccc3)nc(-n3c4ccccc4c4c([Si](c5ccccc5)(c5ccccc5)c5ccc6c(c5)sc5ccccc56)cccc43)n2)cc1. The fourth-order valence-corrected chi connectivity index (χ4v) is 15.0. The molecular formula is C51H34N4SSi. The molecule has 268 valence electrons. The summed E-state index contributed by atoms with van der Waals surface area (Å²) >= 11 is 1.88. The summed E-state index contributed by atoms with van der Waals surface area (Å²) in [6.07, 6.45) is 0. The molecule has 0 amide bonds. The lowest BCUT2D eigenvalue weighted by molar-refractivity contribution is 0.953. The van der Waals surface area contributed by atoms with Crippen molar-refractivity contribution in [3.63, 3.8) is 0 Å². The standard InChI is InChI=1S/C51H34N4SSi/c1-5-18-35(19-6-1)49-52-50(36-20-7-2-8-21-36)54-51(53-49)55-43-28-15-13-27-42(43)48-44(55)29-17-31-47(48)57(37-22-9-3-10-23-37,38-24-11-4-12-25-38)39-32-33-41-40-26-14-16-30-45(40)56-46(41)34-39/h1-34H. The van der Waals surface area contributed by atoms with E-state index in [0.717, 1.165) is 27.5 Å². The molecule has 11 rings (SSSR count). The number of nitrogens with zero attached hydrogens (tertiary/aromatic N) is 4. The van der Waals surface area contributed by atoms with Crippen LogP contribution in [0.15, 0.2) is 206 Å². The largest absolute Gasteiger partial charge is 0.278 e. The quantitative estimate of drug-likeness (QED) is 0.120. The number of rotatable bonds is 7. The average Bonchev–Trinajstić information content (AvgIpc) is 3.84. The molecule has 0 fully saturated rings. The minimum atomic E-state index is -3.02. The summed E-state index contributed by atoms with van der Waals surface area (Å²) in [5.74, 6) is 1.86. The molecule has 0 aliphatic carbocycles. The Morgan fingerprint density at radius 1 is 0.386 bits per heavy atom. The minimum Gasteiger partial charge on any atom is -0.278 e. The van der Waals surface area contributed by atoms with Crippen LogP contribution in [0.1, 0.15) is 0 Å². The van der Waals surface area contributed by atoms with Crippen LogP contribution < -0.4 is 20.7 Å². The summed E-state index contributed by atoms with van der Waals surface area (Å²) < 4.78 is 4.86. The molecule has 0 atom stereocenters. The molecule has 0 aliphatic heterocycles. The molecule has 0 bridgehead atoms. The highest BCUT2D eigenvalue weighted by molar-refractivity contribution is 7.26. The Kier molecular flexibility index (Phi) is 7.98. The monoisotopic (exact) mass is 762 g/mol. The normalized spacial score (nSPS) is 11.9. The van der Waals surface area contributed by atoms with Crippen molar-refractivity contribution in [3.05, 3.63) is 206 Å². The fraction of sp³-hybridized carbons (Fsp3) is 0. The van der Waals surface area contributed by atoms with Gasteiger partial charge in [-0.25, -0.2) is 4.98 Å². The summed E-state index contributed by atoms with van der Waals surface area (Å²) in [6.45, 7) is 0. The third kappa shape index (κ3) is 5.37. The van der Waals surface area contributed by atoms with E-state index in [1.54, 1.807) is 0 Å². The van der Waals surface area contributed by atoms with E-state index in [9.17, 15) is 0 Å². The van der Waals surface area contributed by atoms with Gasteiger partial charge in [0.2, 0.25) is 5.95 Å². The van der Waals surface area contributed by atoms with Crippen molar-refractivity contribution in [2.24, 2.45) is 0 Å². The molecule has 3 aromatic heterocycles. The maximum absolute atomic E-state index is 5.25. The van der Waals surface area contributed by atoms with Crippen molar-refractivity contribution >= 4 is 82.1 Å². The Morgan fingerprint density at radius 2 is 0.912 bits per heavy atom. The summed E-state index contributed by atoms with van der Waals surface area (Å²) in [4.78, 5) is 15.5. The molecule has 6 heteroatoms. The Bertz CT molecular complexity index is 3140. The third-order valence-electron chi connectivity index (χ3n) is 11.2. The maximum Gasteiger partial charge on any atom is 0.238 e. The Labute approximate surface area is 335 Å². The topological polar surface area (TPSA) is 43.6 Å². The maximum atomic E-state index is 5.25. The van der Waals surface area contributed by atoms with Crippen LogP contribution in [-0.4, -0.2) is 27.6 Å². The van der Waals surface area contributed by atoms with E-state index < -0.39 is 8.07 Å². The zero-order valence-electron chi connectivity index (χ0n) is 30.8. The van der Waals surface area contributed by atoms with Gasteiger partial charge in [-0.15, -0.1) is 11.3 Å². The van der Waals surface area contributed by atoms with Crippen molar-refractivity contribution in [2.75, 3.05) is 0 Å². The van der Waals surface area contributed by atoms with Crippen molar-refractivity contribution in [1.82, 2.24) is 19.5 Å². The first-order valence-electron chi connectivity index (χ1n) is 19.2. The van der Waals surface area contributed by atoms with Gasteiger partial charge in [-0.05, 0) is 45.0 Å². The number of aromatic nitrogens is 4. The predicted octanol–water partition coefficient (Wildman–Crippen LogP) is 10.0. The molecule has 0 radical (unpaired) electrons. The summed E-state index contributed by atoms with van der Waals surface area (Å²) in [7, 11) is -3.02. The van der Waals surface area contributed by atoms with Gasteiger partial charge in [0.05, 0.1) is 11.0 Å². The Balaban J connectivity index is 1.26. The van der Waals surface area contributed by atoms with Crippen LogP contribution in [0.2, 0.25) is 0 Å². The van der Waals surface area contributed by atoms with Crippen molar-refractivity contribution < 1.29 is 0 Å². The third-order valence-corrected chi connectivity index (χ3v) is 17.1. The second kappa shape index (κ2) is 13.6. The number of para-hydroxylation sites is 1. The number of hydrogen-bond donors (Lipinski definition) is 0. The summed E-state index contributed by atoms with van der Waals surface area (Å²) in [5.41, 5.74) is 3.99. The lowest BCUT2D eigenvalue weighted by Crippen LogP contribution is -2.74.